The molecule has 0 spiro atoms. The van der Waals surface area contributed by atoms with Gasteiger partial charge in [-0.15, -0.1) is 0 Å². The van der Waals surface area contributed by atoms with Crippen molar-refractivity contribution in [2.45, 2.75) is 26.2 Å². The van der Waals surface area contributed by atoms with E-state index in [1.807, 2.05) is 18.2 Å². The third-order valence-corrected chi connectivity index (χ3v) is 3.90. The molecule has 8 heteroatoms. The highest BCUT2D eigenvalue weighted by molar-refractivity contribution is 5.93. The summed E-state index contributed by atoms with van der Waals surface area (Å²) in [5.74, 6) is 0.261. The van der Waals surface area contributed by atoms with Crippen LogP contribution in [0.25, 0.3) is 11.4 Å². The van der Waals surface area contributed by atoms with E-state index in [1.165, 1.54) is 0 Å². The van der Waals surface area contributed by atoms with E-state index in [9.17, 15) is 9.59 Å². The second kappa shape index (κ2) is 9.40. The Morgan fingerprint density at radius 2 is 1.89 bits per heavy atom. The smallest absolute Gasteiger partial charge is 0.306 e. The van der Waals surface area contributed by atoms with Gasteiger partial charge in [0.15, 0.2) is 0 Å². The van der Waals surface area contributed by atoms with E-state index < -0.39 is 0 Å². The number of anilines is 1. The number of hydrogen-bond donors (Lipinski definition) is 1. The summed E-state index contributed by atoms with van der Waals surface area (Å²) in [6.45, 7) is 2.03. The van der Waals surface area contributed by atoms with Crippen LogP contribution >= 0.6 is 0 Å². The standard InChI is InChI=1S/C20H20N4O4/c1-2-27-19(26)8-7-17(25)22-16-6-4-3-5-15(16)13-18-23-20(24-28-18)14-9-11-21-12-10-14/h3-6,9-12H,2,7-8,13H2,1H3,(H,22,25). The zero-order valence-corrected chi connectivity index (χ0v) is 15.4. The normalized spacial score (nSPS) is 10.5. The molecule has 3 rings (SSSR count). The number of amides is 1. The number of hydrogen-bond acceptors (Lipinski definition) is 7. The van der Waals surface area contributed by atoms with Gasteiger partial charge >= 0.3 is 5.97 Å². The van der Waals surface area contributed by atoms with Crippen molar-refractivity contribution in [3.05, 3.63) is 60.2 Å². The Kier molecular flexibility index (Phi) is 6.46. The highest BCUT2D eigenvalue weighted by atomic mass is 16.5. The van der Waals surface area contributed by atoms with Gasteiger partial charge in [-0.05, 0) is 30.7 Å². The Hall–Kier alpha value is -3.55. The first-order valence-electron chi connectivity index (χ1n) is 8.92. The lowest BCUT2D eigenvalue weighted by molar-refractivity contribution is -0.144. The number of rotatable bonds is 8. The van der Waals surface area contributed by atoms with Crippen molar-refractivity contribution in [1.29, 1.82) is 0 Å². The van der Waals surface area contributed by atoms with Crippen molar-refractivity contribution in [1.82, 2.24) is 15.1 Å². The molecule has 2 aromatic heterocycles. The number of benzene rings is 1. The second-order valence-corrected chi connectivity index (χ2v) is 5.93. The lowest BCUT2D eigenvalue weighted by atomic mass is 10.1. The lowest BCUT2D eigenvalue weighted by Crippen LogP contribution is -2.15. The van der Waals surface area contributed by atoms with Gasteiger partial charge in [0.2, 0.25) is 17.6 Å². The van der Waals surface area contributed by atoms with Gasteiger partial charge in [0.05, 0.1) is 19.4 Å². The fraction of sp³-hybridized carbons (Fsp3) is 0.250. The molecule has 0 aliphatic heterocycles. The predicted octanol–water partition coefficient (Wildman–Crippen LogP) is 3.00. The Balaban J connectivity index is 1.65. The Bertz CT molecular complexity index is 940. The van der Waals surface area contributed by atoms with Crippen LogP contribution in [0.1, 0.15) is 31.2 Å². The van der Waals surface area contributed by atoms with Gasteiger partial charge in [-0.25, -0.2) is 0 Å². The molecular weight excluding hydrogens is 360 g/mol. The van der Waals surface area contributed by atoms with Gasteiger partial charge < -0.3 is 14.6 Å². The van der Waals surface area contributed by atoms with Crippen LogP contribution in [0.15, 0.2) is 53.3 Å². The average molecular weight is 380 g/mol. The number of para-hydroxylation sites is 1. The van der Waals surface area contributed by atoms with Crippen LogP contribution in [0.3, 0.4) is 0 Å². The quantitative estimate of drug-likeness (QED) is 0.599. The Morgan fingerprint density at radius 1 is 1.11 bits per heavy atom. The highest BCUT2D eigenvalue weighted by Crippen LogP contribution is 2.21. The summed E-state index contributed by atoms with van der Waals surface area (Å²) in [4.78, 5) is 31.9. The zero-order chi connectivity index (χ0) is 19.8. The first-order chi connectivity index (χ1) is 13.7. The maximum atomic E-state index is 12.1. The molecule has 0 aliphatic rings. The van der Waals surface area contributed by atoms with E-state index in [2.05, 4.69) is 20.4 Å². The molecular formula is C20H20N4O4. The van der Waals surface area contributed by atoms with Crippen LogP contribution in [0.5, 0.6) is 0 Å². The first-order valence-corrected chi connectivity index (χ1v) is 8.92. The highest BCUT2D eigenvalue weighted by Gasteiger charge is 2.13. The molecule has 0 fully saturated rings. The maximum absolute atomic E-state index is 12.1. The minimum Gasteiger partial charge on any atom is -0.466 e. The van der Waals surface area contributed by atoms with Crippen LogP contribution in [0.2, 0.25) is 0 Å². The predicted molar refractivity (Wildman–Crippen MR) is 101 cm³/mol. The molecule has 1 amide bonds. The summed E-state index contributed by atoms with van der Waals surface area (Å²) in [7, 11) is 0. The number of ether oxygens (including phenoxy) is 1. The number of aromatic nitrogens is 3. The van der Waals surface area contributed by atoms with E-state index in [1.54, 1.807) is 37.5 Å². The minimum atomic E-state index is -0.388. The molecule has 0 atom stereocenters. The van der Waals surface area contributed by atoms with Crippen molar-refractivity contribution < 1.29 is 18.8 Å². The van der Waals surface area contributed by atoms with Gasteiger partial charge in [-0.2, -0.15) is 4.98 Å². The first kappa shape index (κ1) is 19.2. The van der Waals surface area contributed by atoms with E-state index in [-0.39, 0.29) is 24.7 Å². The molecule has 0 radical (unpaired) electrons. The number of carbonyl (C=O) groups is 2. The summed E-state index contributed by atoms with van der Waals surface area (Å²) in [5.41, 5.74) is 2.28. The monoisotopic (exact) mass is 380 g/mol. The van der Waals surface area contributed by atoms with Crippen LogP contribution in [-0.4, -0.2) is 33.6 Å². The van der Waals surface area contributed by atoms with Crippen molar-refractivity contribution in [2.24, 2.45) is 0 Å². The van der Waals surface area contributed by atoms with Gasteiger partial charge in [0, 0.05) is 30.1 Å². The van der Waals surface area contributed by atoms with Gasteiger partial charge in [0.25, 0.3) is 0 Å². The van der Waals surface area contributed by atoms with Crippen LogP contribution in [-0.2, 0) is 20.7 Å². The molecule has 0 saturated heterocycles. The number of nitrogens with zero attached hydrogens (tertiary/aromatic N) is 3. The third-order valence-electron chi connectivity index (χ3n) is 3.90. The Morgan fingerprint density at radius 3 is 2.68 bits per heavy atom. The van der Waals surface area contributed by atoms with Gasteiger partial charge in [0.1, 0.15) is 0 Å². The van der Waals surface area contributed by atoms with E-state index >= 15 is 0 Å². The zero-order valence-electron chi connectivity index (χ0n) is 15.4. The summed E-state index contributed by atoms with van der Waals surface area (Å²) >= 11 is 0. The molecule has 1 aromatic carbocycles. The molecule has 2 heterocycles. The molecule has 144 valence electrons. The molecule has 0 bridgehead atoms. The maximum Gasteiger partial charge on any atom is 0.306 e. The second-order valence-electron chi connectivity index (χ2n) is 5.93. The van der Waals surface area contributed by atoms with Crippen molar-refractivity contribution >= 4 is 17.6 Å². The number of pyridine rings is 1. The van der Waals surface area contributed by atoms with Crippen LogP contribution in [0, 0.1) is 0 Å². The molecule has 0 aliphatic carbocycles. The van der Waals surface area contributed by atoms with Crippen molar-refractivity contribution in [2.75, 3.05) is 11.9 Å². The third kappa shape index (κ3) is 5.23. The largest absolute Gasteiger partial charge is 0.466 e. The average Bonchev–Trinajstić information content (AvgIpc) is 3.17. The fourth-order valence-electron chi connectivity index (χ4n) is 2.57. The Labute approximate surface area is 161 Å². The molecule has 1 N–H and O–H groups in total. The molecule has 3 aromatic rings. The molecule has 28 heavy (non-hydrogen) atoms. The fourth-order valence-corrected chi connectivity index (χ4v) is 2.57. The van der Waals surface area contributed by atoms with E-state index in [0.29, 0.717) is 30.4 Å². The van der Waals surface area contributed by atoms with Gasteiger partial charge in [-0.3, -0.25) is 14.6 Å². The minimum absolute atomic E-state index is 0.0425. The molecule has 0 unspecified atom stereocenters. The van der Waals surface area contributed by atoms with Gasteiger partial charge in [-0.1, -0.05) is 23.4 Å². The number of carbonyl (C=O) groups excluding carboxylic acids is 2. The number of nitrogens with one attached hydrogen (secondary N) is 1. The van der Waals surface area contributed by atoms with Crippen molar-refractivity contribution in [3.8, 4) is 11.4 Å². The topological polar surface area (TPSA) is 107 Å². The lowest BCUT2D eigenvalue weighted by Gasteiger charge is -2.09. The molecule has 8 nitrogen and oxygen atoms in total. The van der Waals surface area contributed by atoms with Crippen LogP contribution < -0.4 is 5.32 Å². The summed E-state index contributed by atoms with van der Waals surface area (Å²) in [5, 5.41) is 6.81. The van der Waals surface area contributed by atoms with Crippen LogP contribution in [0.4, 0.5) is 5.69 Å². The summed E-state index contributed by atoms with van der Waals surface area (Å²) in [6, 6.07) is 10.9. The number of esters is 1. The SMILES string of the molecule is CCOC(=O)CCC(=O)Nc1ccccc1Cc1nc(-c2ccncc2)no1. The van der Waals surface area contributed by atoms with E-state index in [4.69, 9.17) is 9.26 Å². The summed E-state index contributed by atoms with van der Waals surface area (Å²) in [6.07, 6.45) is 3.78. The molecule has 0 saturated carbocycles. The summed E-state index contributed by atoms with van der Waals surface area (Å²) < 4.78 is 10.2. The van der Waals surface area contributed by atoms with E-state index in [0.717, 1.165) is 11.1 Å². The van der Waals surface area contributed by atoms with Crippen molar-refractivity contribution in [3.63, 3.8) is 0 Å².